The molecule has 0 radical (unpaired) electrons. The van der Waals surface area contributed by atoms with E-state index in [-0.39, 0.29) is 18.7 Å². The molecule has 0 amide bonds. The molecule has 5 nitrogen and oxygen atoms in total. The van der Waals surface area contributed by atoms with E-state index in [0.717, 1.165) is 20.5 Å². The summed E-state index contributed by atoms with van der Waals surface area (Å²) in [5, 5.41) is 11.0. The smallest absolute Gasteiger partial charge is 0.262 e. The maximum atomic E-state index is 13.2. The number of rotatable bonds is 6. The summed E-state index contributed by atoms with van der Waals surface area (Å²) in [7, 11) is 0. The van der Waals surface area contributed by atoms with E-state index in [9.17, 15) is 9.90 Å². The quantitative estimate of drug-likeness (QED) is 0.445. The minimum atomic E-state index is -0.837. The summed E-state index contributed by atoms with van der Waals surface area (Å²) in [6.07, 6.45) is 0.661. The Bertz CT molecular complexity index is 1190. The lowest BCUT2D eigenvalue weighted by Crippen LogP contribution is -2.30. The van der Waals surface area contributed by atoms with Gasteiger partial charge in [-0.1, -0.05) is 46.3 Å². The van der Waals surface area contributed by atoms with E-state index in [2.05, 4.69) is 20.9 Å². The number of aryl methyl sites for hydroxylation is 1. The van der Waals surface area contributed by atoms with Crippen molar-refractivity contribution in [2.24, 2.45) is 0 Å². The molecule has 2 aromatic heterocycles. The molecule has 2 heterocycles. The van der Waals surface area contributed by atoms with Gasteiger partial charge in [0.1, 0.15) is 23.3 Å². The van der Waals surface area contributed by atoms with Crippen LogP contribution in [-0.2, 0) is 6.54 Å². The van der Waals surface area contributed by atoms with Gasteiger partial charge in [0.2, 0.25) is 0 Å². The average Bonchev–Trinajstić information content (AvgIpc) is 3.07. The van der Waals surface area contributed by atoms with Crippen molar-refractivity contribution < 1.29 is 9.84 Å². The zero-order chi connectivity index (χ0) is 20.4. The van der Waals surface area contributed by atoms with Crippen molar-refractivity contribution in [2.45, 2.75) is 19.6 Å². The molecule has 1 unspecified atom stereocenters. The van der Waals surface area contributed by atoms with Crippen molar-refractivity contribution >= 4 is 37.5 Å². The van der Waals surface area contributed by atoms with Crippen LogP contribution in [0.2, 0.25) is 0 Å². The SMILES string of the molecule is Cc1sc2ncn(CC(O)COc3ccc(Br)cc3)c(=O)c2c1-c1ccccc1. The molecular weight excluding hydrogens is 452 g/mol. The molecular formula is C22H19BrN2O3S. The molecule has 4 aromatic rings. The monoisotopic (exact) mass is 470 g/mol. The van der Waals surface area contributed by atoms with Crippen LogP contribution < -0.4 is 10.3 Å². The van der Waals surface area contributed by atoms with Crippen LogP contribution in [-0.4, -0.2) is 27.4 Å². The molecule has 0 fully saturated rings. The summed E-state index contributed by atoms with van der Waals surface area (Å²) in [6.45, 7) is 2.20. The van der Waals surface area contributed by atoms with Crippen molar-refractivity contribution in [3.63, 3.8) is 0 Å². The van der Waals surface area contributed by atoms with Gasteiger partial charge in [0.15, 0.2) is 0 Å². The third-order valence-electron chi connectivity index (χ3n) is 4.58. The van der Waals surface area contributed by atoms with Gasteiger partial charge < -0.3 is 9.84 Å². The van der Waals surface area contributed by atoms with Gasteiger partial charge in [-0.3, -0.25) is 9.36 Å². The lowest BCUT2D eigenvalue weighted by atomic mass is 10.0. The van der Waals surface area contributed by atoms with Crippen LogP contribution in [0.5, 0.6) is 5.75 Å². The number of thiophene rings is 1. The molecule has 0 saturated heterocycles. The van der Waals surface area contributed by atoms with Crippen molar-refractivity contribution in [2.75, 3.05) is 6.61 Å². The molecule has 148 valence electrons. The number of nitrogens with zero attached hydrogens (tertiary/aromatic N) is 2. The molecule has 29 heavy (non-hydrogen) atoms. The van der Waals surface area contributed by atoms with E-state index in [1.807, 2.05) is 61.5 Å². The summed E-state index contributed by atoms with van der Waals surface area (Å²) in [5.41, 5.74) is 1.76. The van der Waals surface area contributed by atoms with Crippen molar-refractivity contribution in [3.8, 4) is 16.9 Å². The van der Waals surface area contributed by atoms with Gasteiger partial charge in [0.05, 0.1) is 18.3 Å². The predicted molar refractivity (Wildman–Crippen MR) is 120 cm³/mol. The highest BCUT2D eigenvalue weighted by atomic mass is 79.9. The number of ether oxygens (including phenoxy) is 1. The minimum absolute atomic E-state index is 0.0836. The molecule has 4 rings (SSSR count). The van der Waals surface area contributed by atoms with Gasteiger partial charge in [-0.05, 0) is 36.8 Å². The van der Waals surface area contributed by atoms with Crippen LogP contribution in [0.15, 0.2) is 70.2 Å². The Labute approximate surface area is 180 Å². The number of benzene rings is 2. The van der Waals surface area contributed by atoms with Gasteiger partial charge in [0.25, 0.3) is 5.56 Å². The Kier molecular flexibility index (Phi) is 5.80. The van der Waals surface area contributed by atoms with Gasteiger partial charge in [0, 0.05) is 14.9 Å². The Morgan fingerprint density at radius 2 is 1.90 bits per heavy atom. The second kappa shape index (κ2) is 8.49. The average molecular weight is 471 g/mol. The second-order valence-corrected chi connectivity index (χ2v) is 8.82. The van der Waals surface area contributed by atoms with Crippen molar-refractivity contribution in [3.05, 3.63) is 80.6 Å². The third kappa shape index (κ3) is 4.27. The van der Waals surface area contributed by atoms with E-state index in [1.165, 1.54) is 22.2 Å². The van der Waals surface area contributed by atoms with Gasteiger partial charge in [-0.15, -0.1) is 11.3 Å². The number of hydrogen-bond acceptors (Lipinski definition) is 5. The first-order chi connectivity index (χ1) is 14.0. The molecule has 2 aromatic carbocycles. The lowest BCUT2D eigenvalue weighted by Gasteiger charge is -2.14. The number of hydrogen-bond donors (Lipinski definition) is 1. The molecule has 1 atom stereocenters. The zero-order valence-corrected chi connectivity index (χ0v) is 18.1. The Morgan fingerprint density at radius 1 is 1.17 bits per heavy atom. The van der Waals surface area contributed by atoms with Crippen LogP contribution in [0, 0.1) is 6.92 Å². The first kappa shape index (κ1) is 19.8. The highest BCUT2D eigenvalue weighted by Crippen LogP contribution is 2.35. The fourth-order valence-corrected chi connectivity index (χ4v) is 4.49. The van der Waals surface area contributed by atoms with Crippen molar-refractivity contribution in [1.82, 2.24) is 9.55 Å². The third-order valence-corrected chi connectivity index (χ3v) is 6.12. The summed E-state index contributed by atoms with van der Waals surface area (Å²) in [5.74, 6) is 0.660. The zero-order valence-electron chi connectivity index (χ0n) is 15.7. The number of halogens is 1. The van der Waals surface area contributed by atoms with E-state index in [4.69, 9.17) is 4.74 Å². The largest absolute Gasteiger partial charge is 0.491 e. The van der Waals surface area contributed by atoms with Crippen LogP contribution in [0.4, 0.5) is 0 Å². The van der Waals surface area contributed by atoms with E-state index < -0.39 is 6.10 Å². The number of aliphatic hydroxyl groups excluding tert-OH is 1. The van der Waals surface area contributed by atoms with Gasteiger partial charge in [-0.2, -0.15) is 0 Å². The van der Waals surface area contributed by atoms with E-state index >= 15 is 0 Å². The molecule has 0 spiro atoms. The Balaban J connectivity index is 1.59. The fourth-order valence-electron chi connectivity index (χ4n) is 3.22. The first-order valence-corrected chi connectivity index (χ1v) is 10.7. The molecule has 0 aliphatic heterocycles. The summed E-state index contributed by atoms with van der Waals surface area (Å²) in [6, 6.07) is 17.2. The molecule has 0 bridgehead atoms. The fraction of sp³-hybridized carbons (Fsp3) is 0.182. The molecule has 7 heteroatoms. The molecule has 0 aliphatic carbocycles. The van der Waals surface area contributed by atoms with Crippen LogP contribution in [0.1, 0.15) is 4.88 Å². The molecule has 1 N–H and O–H groups in total. The van der Waals surface area contributed by atoms with Crippen molar-refractivity contribution in [1.29, 1.82) is 0 Å². The van der Waals surface area contributed by atoms with E-state index in [1.54, 1.807) is 0 Å². The predicted octanol–water partition coefficient (Wildman–Crippen LogP) is 4.64. The second-order valence-electron chi connectivity index (χ2n) is 6.70. The molecule has 0 aliphatic rings. The maximum absolute atomic E-state index is 13.2. The minimum Gasteiger partial charge on any atom is -0.491 e. The van der Waals surface area contributed by atoms with Crippen LogP contribution >= 0.6 is 27.3 Å². The van der Waals surface area contributed by atoms with Crippen LogP contribution in [0.3, 0.4) is 0 Å². The van der Waals surface area contributed by atoms with Gasteiger partial charge >= 0.3 is 0 Å². The van der Waals surface area contributed by atoms with Crippen LogP contribution in [0.25, 0.3) is 21.3 Å². The summed E-state index contributed by atoms with van der Waals surface area (Å²) in [4.78, 5) is 19.4. The Morgan fingerprint density at radius 3 is 2.62 bits per heavy atom. The first-order valence-electron chi connectivity index (χ1n) is 9.13. The van der Waals surface area contributed by atoms with Gasteiger partial charge in [-0.25, -0.2) is 4.98 Å². The van der Waals surface area contributed by atoms with E-state index in [0.29, 0.717) is 16.0 Å². The number of aliphatic hydroxyl groups is 1. The highest BCUT2D eigenvalue weighted by molar-refractivity contribution is 9.10. The number of fused-ring (bicyclic) bond motifs is 1. The Hall–Kier alpha value is -2.48. The lowest BCUT2D eigenvalue weighted by molar-refractivity contribution is 0.0915. The number of aromatic nitrogens is 2. The molecule has 0 saturated carbocycles. The normalized spacial score (nSPS) is 12.2. The topological polar surface area (TPSA) is 64.3 Å². The standard InChI is InChI=1S/C22H19BrN2O3S/c1-14-19(15-5-3-2-4-6-15)20-21(29-14)24-13-25(22(20)27)11-17(26)12-28-18-9-7-16(23)8-10-18/h2-10,13,17,26H,11-12H2,1H3. The highest BCUT2D eigenvalue weighted by Gasteiger charge is 2.18. The summed E-state index contributed by atoms with van der Waals surface area (Å²) < 4.78 is 8.03. The maximum Gasteiger partial charge on any atom is 0.262 e. The summed E-state index contributed by atoms with van der Waals surface area (Å²) >= 11 is 4.88.